The summed E-state index contributed by atoms with van der Waals surface area (Å²) >= 11 is 1.78. The molecular formula is C14H12S. The van der Waals surface area contributed by atoms with E-state index in [-0.39, 0.29) is 5.92 Å². The van der Waals surface area contributed by atoms with Gasteiger partial charge in [0.2, 0.25) is 0 Å². The molecule has 0 nitrogen and oxygen atoms in total. The topological polar surface area (TPSA) is 0 Å². The van der Waals surface area contributed by atoms with Crippen LogP contribution in [0.3, 0.4) is 0 Å². The van der Waals surface area contributed by atoms with Gasteiger partial charge in [0.05, 0.1) is 5.92 Å². The van der Waals surface area contributed by atoms with Gasteiger partial charge in [0.25, 0.3) is 0 Å². The monoisotopic (exact) mass is 212 g/mol. The molecule has 0 aliphatic rings. The maximum absolute atomic E-state index is 5.41. The molecule has 0 saturated carbocycles. The van der Waals surface area contributed by atoms with Crippen LogP contribution in [0.4, 0.5) is 0 Å². The Hall–Kier alpha value is -1.52. The highest BCUT2D eigenvalue weighted by molar-refractivity contribution is 7.15. The Morgan fingerprint density at radius 3 is 2.53 bits per heavy atom. The van der Waals surface area contributed by atoms with E-state index in [0.29, 0.717) is 0 Å². The van der Waals surface area contributed by atoms with Crippen LogP contribution in [0, 0.1) is 12.3 Å². The van der Waals surface area contributed by atoms with Crippen LogP contribution in [0.15, 0.2) is 42.5 Å². The van der Waals surface area contributed by atoms with Crippen LogP contribution in [-0.2, 0) is 0 Å². The van der Waals surface area contributed by atoms with E-state index in [1.54, 1.807) is 11.3 Å². The Bertz CT molecular complexity index is 474. The average molecular weight is 212 g/mol. The molecule has 1 unspecified atom stereocenters. The number of terminal acetylenes is 1. The fourth-order valence-electron chi connectivity index (χ4n) is 1.43. The summed E-state index contributed by atoms with van der Waals surface area (Å²) in [5.41, 5.74) is 1.26. The SMILES string of the molecule is C#CC(C)c1ccc(-c2ccccc2)s1. The highest BCUT2D eigenvalue weighted by Gasteiger charge is 2.06. The van der Waals surface area contributed by atoms with E-state index < -0.39 is 0 Å². The van der Waals surface area contributed by atoms with Crippen molar-refractivity contribution >= 4 is 11.3 Å². The van der Waals surface area contributed by atoms with E-state index in [2.05, 4.69) is 49.2 Å². The van der Waals surface area contributed by atoms with Crippen molar-refractivity contribution in [3.63, 3.8) is 0 Å². The van der Waals surface area contributed by atoms with Crippen LogP contribution in [0.5, 0.6) is 0 Å². The van der Waals surface area contributed by atoms with Crippen LogP contribution >= 0.6 is 11.3 Å². The van der Waals surface area contributed by atoms with Crippen molar-refractivity contribution in [2.75, 3.05) is 0 Å². The first-order valence-electron chi connectivity index (χ1n) is 4.92. The Labute approximate surface area is 94.6 Å². The van der Waals surface area contributed by atoms with E-state index in [1.807, 2.05) is 6.07 Å². The molecule has 0 amide bonds. The van der Waals surface area contributed by atoms with Crippen LogP contribution in [-0.4, -0.2) is 0 Å². The molecule has 74 valence electrons. The summed E-state index contributed by atoms with van der Waals surface area (Å²) in [5.74, 6) is 2.97. The van der Waals surface area contributed by atoms with E-state index in [4.69, 9.17) is 6.42 Å². The van der Waals surface area contributed by atoms with Crippen LogP contribution in [0.2, 0.25) is 0 Å². The summed E-state index contributed by atoms with van der Waals surface area (Å²) in [6, 6.07) is 14.6. The van der Waals surface area contributed by atoms with Crippen molar-refractivity contribution in [2.45, 2.75) is 12.8 Å². The van der Waals surface area contributed by atoms with Gasteiger partial charge < -0.3 is 0 Å². The Kier molecular flexibility index (Phi) is 2.89. The first-order valence-corrected chi connectivity index (χ1v) is 5.74. The van der Waals surface area contributed by atoms with Gasteiger partial charge in [-0.25, -0.2) is 0 Å². The van der Waals surface area contributed by atoms with Gasteiger partial charge in [-0.1, -0.05) is 36.3 Å². The van der Waals surface area contributed by atoms with Gasteiger partial charge in [-0.15, -0.1) is 17.8 Å². The zero-order valence-corrected chi connectivity index (χ0v) is 9.42. The Balaban J connectivity index is 2.33. The first kappa shape index (κ1) is 10.0. The van der Waals surface area contributed by atoms with Crippen molar-refractivity contribution in [3.05, 3.63) is 47.3 Å². The lowest BCUT2D eigenvalue weighted by Crippen LogP contribution is -1.81. The Morgan fingerprint density at radius 1 is 1.13 bits per heavy atom. The van der Waals surface area contributed by atoms with Crippen LogP contribution in [0.25, 0.3) is 10.4 Å². The van der Waals surface area contributed by atoms with E-state index in [9.17, 15) is 0 Å². The number of thiophene rings is 1. The molecule has 0 aliphatic heterocycles. The normalized spacial score (nSPS) is 12.0. The average Bonchev–Trinajstić information content (AvgIpc) is 2.78. The predicted molar refractivity (Wildman–Crippen MR) is 67.0 cm³/mol. The van der Waals surface area contributed by atoms with Gasteiger partial charge in [0.15, 0.2) is 0 Å². The smallest absolute Gasteiger partial charge is 0.0515 e. The molecule has 1 atom stereocenters. The molecular weight excluding hydrogens is 200 g/mol. The second-order valence-electron chi connectivity index (χ2n) is 3.46. The van der Waals surface area contributed by atoms with Gasteiger partial charge in [-0.2, -0.15) is 0 Å². The minimum absolute atomic E-state index is 0.215. The third-order valence-corrected chi connectivity index (χ3v) is 3.68. The summed E-state index contributed by atoms with van der Waals surface area (Å²) in [6.07, 6.45) is 5.41. The standard InChI is InChI=1S/C14H12S/c1-3-11(2)13-9-10-14(15-13)12-7-5-4-6-8-12/h1,4-11H,2H3. The molecule has 1 aromatic heterocycles. The molecule has 0 N–H and O–H groups in total. The van der Waals surface area contributed by atoms with Crippen molar-refractivity contribution < 1.29 is 0 Å². The van der Waals surface area contributed by atoms with E-state index in [0.717, 1.165) is 0 Å². The lowest BCUT2D eigenvalue weighted by molar-refractivity contribution is 1.04. The summed E-state index contributed by atoms with van der Waals surface area (Å²) < 4.78 is 0. The van der Waals surface area contributed by atoms with E-state index in [1.165, 1.54) is 15.3 Å². The van der Waals surface area contributed by atoms with Crippen molar-refractivity contribution in [1.29, 1.82) is 0 Å². The molecule has 0 radical (unpaired) electrons. The van der Waals surface area contributed by atoms with Gasteiger partial charge in [0.1, 0.15) is 0 Å². The number of rotatable bonds is 2. The first-order chi connectivity index (χ1) is 7.31. The molecule has 2 rings (SSSR count). The zero-order valence-electron chi connectivity index (χ0n) is 8.60. The largest absolute Gasteiger partial charge is 0.139 e. The summed E-state index contributed by atoms with van der Waals surface area (Å²) in [5, 5.41) is 0. The number of hydrogen-bond donors (Lipinski definition) is 0. The maximum atomic E-state index is 5.41. The summed E-state index contributed by atoms with van der Waals surface area (Å²) in [7, 11) is 0. The van der Waals surface area contributed by atoms with Gasteiger partial charge >= 0.3 is 0 Å². The fraction of sp³-hybridized carbons (Fsp3) is 0.143. The highest BCUT2D eigenvalue weighted by Crippen LogP contribution is 2.31. The number of benzene rings is 1. The third kappa shape index (κ3) is 2.11. The summed E-state index contributed by atoms with van der Waals surface area (Å²) in [6.45, 7) is 2.06. The minimum atomic E-state index is 0.215. The zero-order chi connectivity index (χ0) is 10.7. The fourth-order valence-corrected chi connectivity index (χ4v) is 2.45. The highest BCUT2D eigenvalue weighted by atomic mass is 32.1. The molecule has 1 aromatic carbocycles. The van der Waals surface area contributed by atoms with E-state index >= 15 is 0 Å². The molecule has 1 heterocycles. The molecule has 15 heavy (non-hydrogen) atoms. The minimum Gasteiger partial charge on any atom is -0.139 e. The molecule has 0 saturated heterocycles. The lowest BCUT2D eigenvalue weighted by atomic mass is 10.1. The number of hydrogen-bond acceptors (Lipinski definition) is 1. The van der Waals surface area contributed by atoms with Crippen LogP contribution < -0.4 is 0 Å². The van der Waals surface area contributed by atoms with Crippen molar-refractivity contribution in [3.8, 4) is 22.8 Å². The molecule has 2 aromatic rings. The summed E-state index contributed by atoms with van der Waals surface area (Å²) in [4.78, 5) is 2.55. The molecule has 0 bridgehead atoms. The third-order valence-electron chi connectivity index (χ3n) is 2.36. The molecule has 0 aliphatic carbocycles. The second kappa shape index (κ2) is 4.33. The second-order valence-corrected chi connectivity index (χ2v) is 4.57. The maximum Gasteiger partial charge on any atom is 0.0515 e. The van der Waals surface area contributed by atoms with Crippen molar-refractivity contribution in [1.82, 2.24) is 0 Å². The predicted octanol–water partition coefficient (Wildman–Crippen LogP) is 4.15. The lowest BCUT2D eigenvalue weighted by Gasteiger charge is -1.98. The Morgan fingerprint density at radius 2 is 1.87 bits per heavy atom. The molecule has 0 fully saturated rings. The molecule has 1 heteroatoms. The quantitative estimate of drug-likeness (QED) is 0.656. The van der Waals surface area contributed by atoms with Crippen molar-refractivity contribution in [2.24, 2.45) is 0 Å². The van der Waals surface area contributed by atoms with Gasteiger partial charge in [0, 0.05) is 9.75 Å². The van der Waals surface area contributed by atoms with Crippen LogP contribution in [0.1, 0.15) is 17.7 Å². The van der Waals surface area contributed by atoms with Gasteiger partial charge in [-0.05, 0) is 24.6 Å². The molecule has 0 spiro atoms. The van der Waals surface area contributed by atoms with Gasteiger partial charge in [-0.3, -0.25) is 0 Å².